The van der Waals surface area contributed by atoms with Gasteiger partial charge in [-0.3, -0.25) is 9.78 Å². The van der Waals surface area contributed by atoms with Gasteiger partial charge >= 0.3 is 0 Å². The molecule has 0 radical (unpaired) electrons. The maximum Gasteiger partial charge on any atom is 0.255 e. The van der Waals surface area contributed by atoms with Crippen LogP contribution in [0.5, 0.6) is 0 Å². The Bertz CT molecular complexity index is 972. The maximum absolute atomic E-state index is 12.6. The lowest BCUT2D eigenvalue weighted by molar-refractivity contribution is 0.102. The van der Waals surface area contributed by atoms with Gasteiger partial charge in [-0.2, -0.15) is 0 Å². The molecule has 158 valence electrons. The van der Waals surface area contributed by atoms with Crippen molar-refractivity contribution in [3.05, 3.63) is 84.2 Å². The van der Waals surface area contributed by atoms with E-state index < -0.39 is 0 Å². The fourth-order valence-corrected chi connectivity index (χ4v) is 2.88. The summed E-state index contributed by atoms with van der Waals surface area (Å²) in [6.45, 7) is 1.88. The van der Waals surface area contributed by atoms with Gasteiger partial charge in [-0.15, -0.1) is 24.8 Å². The third-order valence-electron chi connectivity index (χ3n) is 4.02. The summed E-state index contributed by atoms with van der Waals surface area (Å²) in [6, 6.07) is 18.2. The lowest BCUT2D eigenvalue weighted by atomic mass is 10.0. The number of nitrogens with two attached hydrogens (primary N) is 1. The number of benzene rings is 2. The molecule has 0 aliphatic heterocycles. The van der Waals surface area contributed by atoms with Gasteiger partial charge in [0.2, 0.25) is 0 Å². The Kier molecular flexibility index (Phi) is 10.2. The van der Waals surface area contributed by atoms with Crippen molar-refractivity contribution in [1.82, 2.24) is 4.98 Å². The van der Waals surface area contributed by atoms with E-state index in [-0.39, 0.29) is 36.8 Å². The van der Waals surface area contributed by atoms with Crippen molar-refractivity contribution in [2.24, 2.45) is 5.73 Å². The molecule has 0 saturated carbocycles. The summed E-state index contributed by atoms with van der Waals surface area (Å²) in [4.78, 5) is 16.5. The molecule has 1 unspecified atom stereocenters. The fraction of sp³-hybridized carbons (Fsp3) is 0.0952. The van der Waals surface area contributed by atoms with Crippen LogP contribution in [-0.4, -0.2) is 16.0 Å². The van der Waals surface area contributed by atoms with Gasteiger partial charge in [0.15, 0.2) is 5.11 Å². The van der Waals surface area contributed by atoms with Gasteiger partial charge in [-0.1, -0.05) is 24.3 Å². The van der Waals surface area contributed by atoms with E-state index in [0.717, 1.165) is 11.3 Å². The highest BCUT2D eigenvalue weighted by atomic mass is 35.5. The molecule has 0 spiro atoms. The predicted octanol–water partition coefficient (Wildman–Crippen LogP) is 5.01. The van der Waals surface area contributed by atoms with Crippen molar-refractivity contribution in [2.45, 2.75) is 13.0 Å². The first kappa shape index (κ1) is 25.3. The minimum Gasteiger partial charge on any atom is -0.332 e. The minimum atomic E-state index is -0.229. The SMILES string of the molecule is CC(N)c1ccc(C(=O)Nc2ccncc2)cc1NC(=S)Nc1ccccc1.Cl.Cl. The number of hydrogen-bond donors (Lipinski definition) is 4. The molecule has 30 heavy (non-hydrogen) atoms. The van der Waals surface area contributed by atoms with Gasteiger partial charge in [-0.05, 0) is 61.1 Å². The van der Waals surface area contributed by atoms with Crippen molar-refractivity contribution in [1.29, 1.82) is 0 Å². The molecule has 6 nitrogen and oxygen atoms in total. The second-order valence-corrected chi connectivity index (χ2v) is 6.63. The number of nitrogens with zero attached hydrogens (tertiary/aromatic N) is 1. The maximum atomic E-state index is 12.6. The van der Waals surface area contributed by atoms with Crippen molar-refractivity contribution in [3.8, 4) is 0 Å². The summed E-state index contributed by atoms with van der Waals surface area (Å²) in [5.41, 5.74) is 9.66. The molecule has 0 fully saturated rings. The Hall–Kier alpha value is -2.71. The summed E-state index contributed by atoms with van der Waals surface area (Å²) >= 11 is 5.41. The summed E-state index contributed by atoms with van der Waals surface area (Å²) in [5, 5.41) is 9.52. The minimum absolute atomic E-state index is 0. The topological polar surface area (TPSA) is 92.1 Å². The van der Waals surface area contributed by atoms with Gasteiger partial charge in [0.05, 0.1) is 0 Å². The average Bonchev–Trinajstić information content (AvgIpc) is 2.69. The van der Waals surface area contributed by atoms with Gasteiger partial charge in [0.25, 0.3) is 5.91 Å². The predicted molar refractivity (Wildman–Crippen MR) is 132 cm³/mol. The number of pyridine rings is 1. The number of rotatable bonds is 5. The molecule has 1 aromatic heterocycles. The quantitative estimate of drug-likeness (QED) is 0.397. The Morgan fingerprint density at radius 2 is 1.57 bits per heavy atom. The van der Waals surface area contributed by atoms with Crippen molar-refractivity contribution in [3.63, 3.8) is 0 Å². The molecule has 1 amide bonds. The van der Waals surface area contributed by atoms with Crippen LogP contribution in [0.15, 0.2) is 73.1 Å². The number of hydrogen-bond acceptors (Lipinski definition) is 4. The molecule has 3 aromatic rings. The molecule has 0 aliphatic rings. The normalized spacial score (nSPS) is 10.6. The monoisotopic (exact) mass is 463 g/mol. The highest BCUT2D eigenvalue weighted by molar-refractivity contribution is 7.80. The van der Waals surface area contributed by atoms with E-state index in [4.69, 9.17) is 18.0 Å². The fourth-order valence-electron chi connectivity index (χ4n) is 2.65. The van der Waals surface area contributed by atoms with Crippen LogP contribution < -0.4 is 21.7 Å². The lowest BCUT2D eigenvalue weighted by Crippen LogP contribution is -2.22. The van der Waals surface area contributed by atoms with Crippen LogP contribution in [0.3, 0.4) is 0 Å². The molecule has 1 heterocycles. The lowest BCUT2D eigenvalue weighted by Gasteiger charge is -2.17. The third-order valence-corrected chi connectivity index (χ3v) is 4.23. The third kappa shape index (κ3) is 6.96. The molecule has 0 aliphatic carbocycles. The smallest absolute Gasteiger partial charge is 0.255 e. The summed E-state index contributed by atoms with van der Waals surface area (Å²) in [5.74, 6) is -0.229. The Balaban J connectivity index is 0.00000225. The van der Waals surface area contributed by atoms with Crippen LogP contribution in [0, 0.1) is 0 Å². The second-order valence-electron chi connectivity index (χ2n) is 6.23. The molecular formula is C21H23Cl2N5OS. The number of carbonyl (C=O) groups excluding carboxylic acids is 1. The van der Waals surface area contributed by atoms with Crippen LogP contribution in [0.4, 0.5) is 17.1 Å². The highest BCUT2D eigenvalue weighted by Gasteiger charge is 2.13. The number of halogens is 2. The van der Waals surface area contributed by atoms with Crippen LogP contribution >= 0.6 is 37.0 Å². The Labute approximate surface area is 193 Å². The highest BCUT2D eigenvalue weighted by Crippen LogP contribution is 2.24. The summed E-state index contributed by atoms with van der Waals surface area (Å²) < 4.78 is 0. The van der Waals surface area contributed by atoms with E-state index in [0.29, 0.717) is 22.1 Å². The standard InChI is InChI=1S/C21H21N5OS.2ClH/c1-14(22)18-8-7-15(20(27)24-17-9-11-23-12-10-17)13-19(18)26-21(28)25-16-5-3-2-4-6-16;;/h2-14H,22H2,1H3,(H,23,24,27)(H2,25,26,28);2*1H. The van der Waals surface area contributed by atoms with E-state index in [1.807, 2.05) is 43.3 Å². The van der Waals surface area contributed by atoms with Crippen LogP contribution in [0.2, 0.25) is 0 Å². The number of aromatic nitrogens is 1. The Morgan fingerprint density at radius 3 is 2.20 bits per heavy atom. The summed E-state index contributed by atoms with van der Waals surface area (Å²) in [6.07, 6.45) is 3.24. The molecular weight excluding hydrogens is 441 g/mol. The average molecular weight is 464 g/mol. The number of nitrogens with one attached hydrogen (secondary N) is 3. The first-order valence-corrected chi connectivity index (χ1v) is 9.17. The van der Waals surface area contributed by atoms with Crippen molar-refractivity contribution in [2.75, 3.05) is 16.0 Å². The molecule has 2 aromatic carbocycles. The number of amides is 1. The molecule has 0 bridgehead atoms. The van der Waals surface area contributed by atoms with E-state index in [1.54, 1.807) is 36.7 Å². The van der Waals surface area contributed by atoms with E-state index in [9.17, 15) is 4.79 Å². The number of anilines is 3. The van der Waals surface area contributed by atoms with Gasteiger partial charge in [-0.25, -0.2) is 0 Å². The van der Waals surface area contributed by atoms with Crippen molar-refractivity contribution < 1.29 is 4.79 Å². The number of thiocarbonyl (C=S) groups is 1. The first-order chi connectivity index (χ1) is 13.5. The van der Waals surface area contributed by atoms with Crippen LogP contribution in [0.25, 0.3) is 0 Å². The molecule has 5 N–H and O–H groups in total. The van der Waals surface area contributed by atoms with Crippen molar-refractivity contribution >= 4 is 65.1 Å². The zero-order chi connectivity index (χ0) is 19.9. The number of para-hydroxylation sites is 1. The second kappa shape index (κ2) is 12.1. The zero-order valence-electron chi connectivity index (χ0n) is 16.2. The zero-order valence-corrected chi connectivity index (χ0v) is 18.6. The summed E-state index contributed by atoms with van der Waals surface area (Å²) in [7, 11) is 0. The molecule has 3 rings (SSSR count). The first-order valence-electron chi connectivity index (χ1n) is 8.77. The number of carbonyl (C=O) groups is 1. The van der Waals surface area contributed by atoms with E-state index in [1.165, 1.54) is 0 Å². The molecule has 9 heteroatoms. The Morgan fingerprint density at radius 1 is 0.933 bits per heavy atom. The van der Waals surface area contributed by atoms with Gasteiger partial charge in [0.1, 0.15) is 0 Å². The van der Waals surface area contributed by atoms with Gasteiger partial charge in [0, 0.05) is 41.1 Å². The van der Waals surface area contributed by atoms with E-state index in [2.05, 4.69) is 20.9 Å². The largest absolute Gasteiger partial charge is 0.332 e. The van der Waals surface area contributed by atoms with E-state index >= 15 is 0 Å². The van der Waals surface area contributed by atoms with Crippen LogP contribution in [-0.2, 0) is 0 Å². The van der Waals surface area contributed by atoms with Crippen LogP contribution in [0.1, 0.15) is 28.9 Å². The molecule has 0 saturated heterocycles. The van der Waals surface area contributed by atoms with Gasteiger partial charge < -0.3 is 21.7 Å². The molecule has 1 atom stereocenters.